The van der Waals surface area contributed by atoms with Crippen LogP contribution in [-0.4, -0.2) is 12.0 Å². The van der Waals surface area contributed by atoms with Crippen molar-refractivity contribution >= 4 is 23.3 Å². The SMILES string of the molecule is CC1C=CC(=O)CC1.N=Cc1cccs1. The maximum atomic E-state index is 10.5. The number of rotatable bonds is 1. The molecule has 0 spiro atoms. The average molecular weight is 221 g/mol. The number of ketones is 1. The second-order valence-corrected chi connectivity index (χ2v) is 4.48. The summed E-state index contributed by atoms with van der Waals surface area (Å²) in [7, 11) is 0. The van der Waals surface area contributed by atoms with Crippen LogP contribution >= 0.6 is 11.3 Å². The van der Waals surface area contributed by atoms with E-state index in [1.54, 1.807) is 17.4 Å². The van der Waals surface area contributed by atoms with Gasteiger partial charge in [-0.2, -0.15) is 0 Å². The lowest BCUT2D eigenvalue weighted by molar-refractivity contribution is -0.115. The van der Waals surface area contributed by atoms with Gasteiger partial charge in [0.05, 0.1) is 0 Å². The fraction of sp³-hybridized carbons (Fsp3) is 0.333. The first-order valence-electron chi connectivity index (χ1n) is 4.97. The molecule has 2 rings (SSSR count). The van der Waals surface area contributed by atoms with E-state index in [9.17, 15) is 4.79 Å². The number of thiophene rings is 1. The van der Waals surface area contributed by atoms with Crippen LogP contribution in [0.3, 0.4) is 0 Å². The van der Waals surface area contributed by atoms with Gasteiger partial charge in [0.15, 0.2) is 5.78 Å². The average Bonchev–Trinajstić information content (AvgIpc) is 2.76. The van der Waals surface area contributed by atoms with Gasteiger partial charge < -0.3 is 5.41 Å². The van der Waals surface area contributed by atoms with Crippen LogP contribution in [0.5, 0.6) is 0 Å². The molecule has 0 aromatic carbocycles. The van der Waals surface area contributed by atoms with Crippen molar-refractivity contribution in [1.29, 1.82) is 5.41 Å². The lowest BCUT2D eigenvalue weighted by Crippen LogP contribution is -2.03. The van der Waals surface area contributed by atoms with E-state index in [0.717, 1.165) is 17.7 Å². The van der Waals surface area contributed by atoms with Gasteiger partial charge in [-0.3, -0.25) is 4.79 Å². The molecule has 0 bridgehead atoms. The van der Waals surface area contributed by atoms with Crippen molar-refractivity contribution in [2.45, 2.75) is 19.8 Å². The normalized spacial score (nSPS) is 19.3. The van der Waals surface area contributed by atoms with E-state index in [0.29, 0.717) is 5.92 Å². The van der Waals surface area contributed by atoms with E-state index in [2.05, 4.69) is 6.92 Å². The molecule has 0 radical (unpaired) electrons. The smallest absolute Gasteiger partial charge is 0.155 e. The van der Waals surface area contributed by atoms with Gasteiger partial charge in [0, 0.05) is 17.5 Å². The predicted molar refractivity (Wildman–Crippen MR) is 64.7 cm³/mol. The summed E-state index contributed by atoms with van der Waals surface area (Å²) in [6.45, 7) is 2.13. The molecule has 1 aromatic heterocycles. The molecular formula is C12H15NOS. The topological polar surface area (TPSA) is 40.9 Å². The highest BCUT2D eigenvalue weighted by molar-refractivity contribution is 7.11. The summed E-state index contributed by atoms with van der Waals surface area (Å²) in [5.74, 6) is 0.899. The molecule has 3 heteroatoms. The molecule has 1 unspecified atom stereocenters. The molecule has 0 amide bonds. The van der Waals surface area contributed by atoms with Crippen LogP contribution in [0.25, 0.3) is 0 Å². The van der Waals surface area contributed by atoms with Crippen LogP contribution in [0.2, 0.25) is 0 Å². The Morgan fingerprint density at radius 1 is 1.60 bits per heavy atom. The number of carbonyl (C=O) groups is 1. The number of nitrogens with one attached hydrogen (secondary N) is 1. The maximum absolute atomic E-state index is 10.5. The number of hydrogen-bond acceptors (Lipinski definition) is 3. The van der Waals surface area contributed by atoms with E-state index in [4.69, 9.17) is 5.41 Å². The van der Waals surface area contributed by atoms with Gasteiger partial charge in [0.2, 0.25) is 0 Å². The minimum atomic E-state index is 0.281. The van der Waals surface area contributed by atoms with Crippen LogP contribution in [0, 0.1) is 11.3 Å². The lowest BCUT2D eigenvalue weighted by Gasteiger charge is -2.07. The van der Waals surface area contributed by atoms with Gasteiger partial charge in [0.25, 0.3) is 0 Å². The van der Waals surface area contributed by atoms with Crippen molar-refractivity contribution < 1.29 is 4.79 Å². The number of carbonyl (C=O) groups excluding carboxylic acids is 1. The fourth-order valence-corrected chi connectivity index (χ4v) is 1.73. The van der Waals surface area contributed by atoms with Crippen molar-refractivity contribution in [2.24, 2.45) is 5.92 Å². The van der Waals surface area contributed by atoms with Crippen molar-refractivity contribution in [3.63, 3.8) is 0 Å². The summed E-state index contributed by atoms with van der Waals surface area (Å²) < 4.78 is 0. The third kappa shape index (κ3) is 4.70. The molecule has 0 fully saturated rings. The zero-order chi connectivity index (χ0) is 11.1. The minimum Gasteiger partial charge on any atom is -0.307 e. The Hall–Kier alpha value is -1.22. The van der Waals surface area contributed by atoms with Gasteiger partial charge in [-0.25, -0.2) is 0 Å². The maximum Gasteiger partial charge on any atom is 0.155 e. The van der Waals surface area contributed by atoms with Gasteiger partial charge in [-0.05, 0) is 29.9 Å². The molecule has 15 heavy (non-hydrogen) atoms. The molecule has 80 valence electrons. The number of allylic oxidation sites excluding steroid dienone is 2. The molecule has 1 aromatic rings. The van der Waals surface area contributed by atoms with Crippen LogP contribution in [0.15, 0.2) is 29.7 Å². The molecule has 0 saturated carbocycles. The Morgan fingerprint density at radius 3 is 2.73 bits per heavy atom. The first-order chi connectivity index (χ1) is 7.22. The minimum absolute atomic E-state index is 0.281. The highest BCUT2D eigenvalue weighted by atomic mass is 32.1. The largest absolute Gasteiger partial charge is 0.307 e. The Morgan fingerprint density at radius 2 is 2.40 bits per heavy atom. The van der Waals surface area contributed by atoms with Gasteiger partial charge in [0.1, 0.15) is 0 Å². The molecule has 1 N–H and O–H groups in total. The fourth-order valence-electron chi connectivity index (χ4n) is 1.19. The molecule has 1 heterocycles. The zero-order valence-corrected chi connectivity index (χ0v) is 9.59. The second-order valence-electron chi connectivity index (χ2n) is 3.50. The van der Waals surface area contributed by atoms with Crippen molar-refractivity contribution in [1.82, 2.24) is 0 Å². The molecular weight excluding hydrogens is 206 g/mol. The van der Waals surface area contributed by atoms with Gasteiger partial charge >= 0.3 is 0 Å². The van der Waals surface area contributed by atoms with Crippen LogP contribution < -0.4 is 0 Å². The standard InChI is InChI=1S/C7H10O.C5H5NS/c1-6-2-4-7(8)5-3-6;6-4-5-2-1-3-7-5/h2,4,6H,3,5H2,1H3;1-4,6H. The first kappa shape index (κ1) is 11.9. The zero-order valence-electron chi connectivity index (χ0n) is 8.77. The molecule has 0 aliphatic heterocycles. The monoisotopic (exact) mass is 221 g/mol. The van der Waals surface area contributed by atoms with Gasteiger partial charge in [-0.1, -0.05) is 19.1 Å². The Labute approximate surface area is 94.1 Å². The summed E-state index contributed by atoms with van der Waals surface area (Å²) in [6.07, 6.45) is 6.80. The van der Waals surface area contributed by atoms with Crippen LogP contribution in [-0.2, 0) is 4.79 Å². The first-order valence-corrected chi connectivity index (χ1v) is 5.85. The summed E-state index contributed by atoms with van der Waals surface area (Å²) in [4.78, 5) is 11.5. The molecule has 1 atom stereocenters. The van der Waals surface area contributed by atoms with E-state index < -0.39 is 0 Å². The van der Waals surface area contributed by atoms with Crippen LogP contribution in [0.4, 0.5) is 0 Å². The van der Waals surface area contributed by atoms with E-state index in [1.165, 1.54) is 6.21 Å². The van der Waals surface area contributed by atoms with E-state index in [1.807, 2.05) is 23.6 Å². The van der Waals surface area contributed by atoms with Crippen molar-refractivity contribution in [3.05, 3.63) is 34.5 Å². The molecule has 0 saturated heterocycles. The van der Waals surface area contributed by atoms with Crippen LogP contribution in [0.1, 0.15) is 24.6 Å². The van der Waals surface area contributed by atoms with Crippen molar-refractivity contribution in [2.75, 3.05) is 0 Å². The Kier molecular flexibility index (Phi) is 4.98. The molecule has 1 aliphatic rings. The number of hydrogen-bond donors (Lipinski definition) is 1. The van der Waals surface area contributed by atoms with E-state index >= 15 is 0 Å². The van der Waals surface area contributed by atoms with Crippen molar-refractivity contribution in [3.8, 4) is 0 Å². The summed E-state index contributed by atoms with van der Waals surface area (Å²) in [5, 5.41) is 8.70. The molecule has 1 aliphatic carbocycles. The highest BCUT2D eigenvalue weighted by Crippen LogP contribution is 2.12. The molecule has 2 nitrogen and oxygen atoms in total. The second kappa shape index (κ2) is 6.30. The quantitative estimate of drug-likeness (QED) is 0.726. The summed E-state index contributed by atoms with van der Waals surface area (Å²) in [6, 6.07) is 3.85. The third-order valence-electron chi connectivity index (χ3n) is 2.14. The summed E-state index contributed by atoms with van der Waals surface area (Å²) >= 11 is 1.58. The Bertz CT molecular complexity index is 341. The highest BCUT2D eigenvalue weighted by Gasteiger charge is 2.06. The lowest BCUT2D eigenvalue weighted by atomic mass is 9.97. The predicted octanol–water partition coefficient (Wildman–Crippen LogP) is 3.29. The summed E-state index contributed by atoms with van der Waals surface area (Å²) in [5.41, 5.74) is 0. The Balaban J connectivity index is 0.000000151. The third-order valence-corrected chi connectivity index (χ3v) is 2.96. The van der Waals surface area contributed by atoms with Gasteiger partial charge in [-0.15, -0.1) is 11.3 Å². The van der Waals surface area contributed by atoms with E-state index in [-0.39, 0.29) is 5.78 Å².